The Hall–Kier alpha value is -2.48. The first-order chi connectivity index (χ1) is 15.1. The lowest BCUT2D eigenvalue weighted by molar-refractivity contribution is -0.144. The Bertz CT molecular complexity index is 858. The van der Waals surface area contributed by atoms with Crippen LogP contribution in [-0.4, -0.2) is 81.3 Å². The van der Waals surface area contributed by atoms with Crippen molar-refractivity contribution >= 4 is 11.6 Å². The van der Waals surface area contributed by atoms with Crippen molar-refractivity contribution in [2.24, 2.45) is 0 Å². The van der Waals surface area contributed by atoms with Crippen LogP contribution in [0.5, 0.6) is 0 Å². The summed E-state index contributed by atoms with van der Waals surface area (Å²) in [5.74, 6) is -0.237. The zero-order valence-corrected chi connectivity index (χ0v) is 18.0. The van der Waals surface area contributed by atoms with Crippen LogP contribution in [-0.2, 0) is 9.53 Å². The van der Waals surface area contributed by atoms with Gasteiger partial charge in [0.25, 0.3) is 5.91 Å². The van der Waals surface area contributed by atoms with Crippen LogP contribution >= 0.6 is 0 Å². The molecule has 166 valence electrons. The predicted molar refractivity (Wildman–Crippen MR) is 120 cm³/mol. The molecule has 2 aromatic rings. The third kappa shape index (κ3) is 5.23. The molecule has 0 bridgehead atoms. The summed E-state index contributed by atoms with van der Waals surface area (Å²) in [5.41, 5.74) is 1.76. The first-order valence-corrected chi connectivity index (χ1v) is 11.0. The molecule has 1 amide bonds. The highest BCUT2D eigenvalue weighted by molar-refractivity contribution is 5.82. The molecule has 0 radical (unpaired) electrons. The molecule has 7 heteroatoms. The second-order valence-corrected chi connectivity index (χ2v) is 8.20. The van der Waals surface area contributed by atoms with E-state index in [4.69, 9.17) is 4.74 Å². The molecular weight excluding hydrogens is 395 g/mol. The summed E-state index contributed by atoms with van der Waals surface area (Å²) in [5, 5.41) is 3.07. The summed E-state index contributed by atoms with van der Waals surface area (Å²) in [6, 6.07) is 16.9. The number of ether oxygens (including phenoxy) is 1. The fourth-order valence-electron chi connectivity index (χ4n) is 4.44. The summed E-state index contributed by atoms with van der Waals surface area (Å²) < 4.78 is 19.9. The number of hydrogen-bond donors (Lipinski definition) is 1. The van der Waals surface area contributed by atoms with Crippen LogP contribution in [0.1, 0.15) is 11.6 Å². The summed E-state index contributed by atoms with van der Waals surface area (Å²) in [6.45, 7) is 5.95. The van der Waals surface area contributed by atoms with E-state index in [0.717, 1.165) is 44.8 Å². The van der Waals surface area contributed by atoms with Crippen LogP contribution in [0, 0.1) is 5.82 Å². The average Bonchev–Trinajstić information content (AvgIpc) is 2.80. The maximum Gasteiger partial charge on any atom is 0.251 e. The van der Waals surface area contributed by atoms with E-state index in [-0.39, 0.29) is 17.8 Å². The molecule has 0 spiro atoms. The lowest BCUT2D eigenvalue weighted by Gasteiger charge is -2.39. The number of para-hydroxylation sites is 1. The molecule has 2 aliphatic heterocycles. The minimum atomic E-state index is -0.515. The standard InChI is InChI=1S/C24H31FN4O2/c1-27-17-18-31-23(22(27)19-7-3-2-4-8-19)24(30)26-11-12-28-13-15-29(16-14-28)21-10-6-5-9-20(21)25/h2-10,22-23H,11-18H2,1H3,(H,26,30)/t22-,23+/m0/s1. The molecular formula is C24H31FN4O2. The number of nitrogens with zero attached hydrogens (tertiary/aromatic N) is 3. The van der Waals surface area contributed by atoms with Gasteiger partial charge in [-0.1, -0.05) is 42.5 Å². The first-order valence-electron chi connectivity index (χ1n) is 11.0. The number of likely N-dealkylation sites (N-methyl/N-ethyl adjacent to an activating group) is 1. The predicted octanol–water partition coefficient (Wildman–Crippen LogP) is 2.14. The minimum Gasteiger partial charge on any atom is -0.367 e. The molecule has 1 N–H and O–H groups in total. The van der Waals surface area contributed by atoms with Crippen LogP contribution in [0.4, 0.5) is 10.1 Å². The zero-order valence-electron chi connectivity index (χ0n) is 18.0. The summed E-state index contributed by atoms with van der Waals surface area (Å²) in [4.78, 5) is 19.5. The molecule has 2 fully saturated rings. The van der Waals surface area contributed by atoms with Gasteiger partial charge in [-0.05, 0) is 24.7 Å². The SMILES string of the molecule is CN1CCO[C@@H](C(=O)NCCN2CCN(c3ccccc3F)CC2)[C@@H]1c1ccccc1. The second-order valence-electron chi connectivity index (χ2n) is 8.20. The number of anilines is 1. The topological polar surface area (TPSA) is 48.1 Å². The van der Waals surface area contributed by atoms with Crippen molar-refractivity contribution < 1.29 is 13.9 Å². The smallest absolute Gasteiger partial charge is 0.251 e. The van der Waals surface area contributed by atoms with Gasteiger partial charge in [-0.15, -0.1) is 0 Å². The molecule has 0 aromatic heterocycles. The van der Waals surface area contributed by atoms with Crippen molar-refractivity contribution in [2.75, 3.05) is 64.4 Å². The fourth-order valence-corrected chi connectivity index (χ4v) is 4.44. The van der Waals surface area contributed by atoms with E-state index < -0.39 is 6.10 Å². The Morgan fingerprint density at radius 3 is 2.48 bits per heavy atom. The van der Waals surface area contributed by atoms with E-state index in [1.165, 1.54) is 6.07 Å². The average molecular weight is 427 g/mol. The lowest BCUT2D eigenvalue weighted by atomic mass is 9.98. The number of piperazine rings is 1. The van der Waals surface area contributed by atoms with Crippen molar-refractivity contribution in [1.82, 2.24) is 15.1 Å². The van der Waals surface area contributed by atoms with Gasteiger partial charge in [0.05, 0.1) is 18.3 Å². The van der Waals surface area contributed by atoms with Crippen molar-refractivity contribution in [1.29, 1.82) is 0 Å². The Labute approximate surface area is 183 Å². The van der Waals surface area contributed by atoms with Crippen LogP contribution in [0.15, 0.2) is 54.6 Å². The number of halogens is 1. The second kappa shape index (κ2) is 10.2. The van der Waals surface area contributed by atoms with Gasteiger partial charge in [-0.3, -0.25) is 14.6 Å². The Kier molecular flexibility index (Phi) is 7.17. The number of amides is 1. The van der Waals surface area contributed by atoms with Crippen molar-refractivity contribution in [3.63, 3.8) is 0 Å². The summed E-state index contributed by atoms with van der Waals surface area (Å²) in [6.07, 6.45) is -0.515. The van der Waals surface area contributed by atoms with E-state index in [1.54, 1.807) is 6.07 Å². The maximum atomic E-state index is 14.0. The number of benzene rings is 2. The largest absolute Gasteiger partial charge is 0.367 e. The lowest BCUT2D eigenvalue weighted by Crippen LogP contribution is -2.52. The summed E-state index contributed by atoms with van der Waals surface area (Å²) in [7, 11) is 2.04. The molecule has 0 saturated carbocycles. The molecule has 0 aliphatic carbocycles. The third-order valence-corrected chi connectivity index (χ3v) is 6.20. The van der Waals surface area contributed by atoms with Crippen LogP contribution in [0.3, 0.4) is 0 Å². The quantitative estimate of drug-likeness (QED) is 0.767. The van der Waals surface area contributed by atoms with E-state index in [2.05, 4.69) is 20.0 Å². The highest BCUT2D eigenvalue weighted by Crippen LogP contribution is 2.28. The first kappa shape index (κ1) is 21.7. The number of hydrogen-bond acceptors (Lipinski definition) is 5. The maximum absolute atomic E-state index is 14.0. The normalized spacial score (nSPS) is 23.0. The molecule has 2 aromatic carbocycles. The van der Waals surface area contributed by atoms with Gasteiger partial charge in [0, 0.05) is 45.8 Å². The molecule has 6 nitrogen and oxygen atoms in total. The highest BCUT2D eigenvalue weighted by atomic mass is 19.1. The van der Waals surface area contributed by atoms with E-state index >= 15 is 0 Å². The molecule has 4 rings (SSSR count). The Morgan fingerprint density at radius 2 is 1.74 bits per heavy atom. The van der Waals surface area contributed by atoms with Crippen LogP contribution in [0.25, 0.3) is 0 Å². The Morgan fingerprint density at radius 1 is 1.03 bits per heavy atom. The third-order valence-electron chi connectivity index (χ3n) is 6.20. The number of carbonyl (C=O) groups is 1. The van der Waals surface area contributed by atoms with Gasteiger partial charge < -0.3 is 15.0 Å². The molecule has 2 saturated heterocycles. The zero-order chi connectivity index (χ0) is 21.6. The minimum absolute atomic E-state index is 0.0644. The number of nitrogens with one attached hydrogen (secondary N) is 1. The number of rotatable bonds is 6. The van der Waals surface area contributed by atoms with Gasteiger partial charge in [-0.2, -0.15) is 0 Å². The molecule has 2 aliphatic rings. The molecule has 0 unspecified atom stereocenters. The fraction of sp³-hybridized carbons (Fsp3) is 0.458. The van der Waals surface area contributed by atoms with Gasteiger partial charge in [0.2, 0.25) is 0 Å². The van der Waals surface area contributed by atoms with Gasteiger partial charge in [0.15, 0.2) is 6.10 Å². The van der Waals surface area contributed by atoms with E-state index in [9.17, 15) is 9.18 Å². The van der Waals surface area contributed by atoms with E-state index in [1.807, 2.05) is 49.5 Å². The number of morpholine rings is 1. The molecule has 2 atom stereocenters. The van der Waals surface area contributed by atoms with E-state index in [0.29, 0.717) is 18.8 Å². The van der Waals surface area contributed by atoms with Crippen LogP contribution < -0.4 is 10.2 Å². The van der Waals surface area contributed by atoms with Crippen molar-refractivity contribution in [3.8, 4) is 0 Å². The number of carbonyl (C=O) groups excluding carboxylic acids is 1. The monoisotopic (exact) mass is 426 g/mol. The van der Waals surface area contributed by atoms with Gasteiger partial charge >= 0.3 is 0 Å². The highest BCUT2D eigenvalue weighted by Gasteiger charge is 2.36. The summed E-state index contributed by atoms with van der Waals surface area (Å²) >= 11 is 0. The van der Waals surface area contributed by atoms with Crippen molar-refractivity contribution in [2.45, 2.75) is 12.1 Å². The Balaban J connectivity index is 1.26. The van der Waals surface area contributed by atoms with Gasteiger partial charge in [-0.25, -0.2) is 4.39 Å². The van der Waals surface area contributed by atoms with Crippen molar-refractivity contribution in [3.05, 3.63) is 66.0 Å². The van der Waals surface area contributed by atoms with Gasteiger partial charge in [0.1, 0.15) is 5.82 Å². The molecule has 31 heavy (non-hydrogen) atoms. The molecule has 2 heterocycles. The van der Waals surface area contributed by atoms with Crippen LogP contribution in [0.2, 0.25) is 0 Å².